The van der Waals surface area contributed by atoms with E-state index in [2.05, 4.69) is 10.3 Å². The molecule has 8 heteroatoms. The Labute approximate surface area is 213 Å². The molecule has 0 atom stereocenters. The van der Waals surface area contributed by atoms with Crippen molar-refractivity contribution in [3.63, 3.8) is 0 Å². The molecule has 1 aromatic heterocycles. The number of hydrogen-bond acceptors (Lipinski definition) is 5. The van der Waals surface area contributed by atoms with Crippen LogP contribution in [0.1, 0.15) is 11.1 Å². The summed E-state index contributed by atoms with van der Waals surface area (Å²) < 4.78 is 6.72. The van der Waals surface area contributed by atoms with Gasteiger partial charge in [-0.15, -0.1) is 0 Å². The molecule has 4 rings (SSSR count). The molecule has 0 aliphatic carbocycles. The summed E-state index contributed by atoms with van der Waals surface area (Å²) in [5, 5.41) is 3.83. The lowest BCUT2D eigenvalue weighted by atomic mass is 10.1. The molecule has 4 aromatic rings. The highest BCUT2D eigenvalue weighted by Gasteiger charge is 2.19. The summed E-state index contributed by atoms with van der Waals surface area (Å²) in [6.45, 7) is 0.257. The van der Waals surface area contributed by atoms with Crippen molar-refractivity contribution in [3.05, 3.63) is 117 Å². The van der Waals surface area contributed by atoms with Crippen molar-refractivity contribution in [2.45, 2.75) is 19.6 Å². The Morgan fingerprint density at radius 1 is 0.886 bits per heavy atom. The highest BCUT2D eigenvalue weighted by Crippen LogP contribution is 2.26. The van der Waals surface area contributed by atoms with Crippen LogP contribution in [0, 0.1) is 0 Å². The van der Waals surface area contributed by atoms with Crippen LogP contribution in [0.5, 0.6) is 0 Å². The predicted molar refractivity (Wildman–Crippen MR) is 139 cm³/mol. The average molecular weight is 508 g/mol. The number of anilines is 1. The molecule has 0 spiro atoms. The van der Waals surface area contributed by atoms with Crippen molar-refractivity contribution in [1.82, 2.24) is 9.55 Å². The van der Waals surface area contributed by atoms with E-state index in [1.54, 1.807) is 0 Å². The normalized spacial score (nSPS) is 10.7. The Balaban J connectivity index is 1.57. The minimum Gasteiger partial charge on any atom is -0.459 e. The van der Waals surface area contributed by atoms with Crippen molar-refractivity contribution in [2.75, 3.05) is 11.9 Å². The molecule has 0 saturated heterocycles. The molecule has 0 aliphatic heterocycles. The van der Waals surface area contributed by atoms with Gasteiger partial charge < -0.3 is 10.1 Å². The smallest absolute Gasteiger partial charge is 0.326 e. The van der Waals surface area contributed by atoms with E-state index in [0.717, 1.165) is 11.1 Å². The maximum Gasteiger partial charge on any atom is 0.326 e. The molecule has 1 heterocycles. The van der Waals surface area contributed by atoms with Crippen LogP contribution in [0.3, 0.4) is 0 Å². The minimum atomic E-state index is -0.553. The molecule has 35 heavy (non-hydrogen) atoms. The van der Waals surface area contributed by atoms with Crippen molar-refractivity contribution in [1.29, 1.82) is 0 Å². The van der Waals surface area contributed by atoms with Crippen LogP contribution in [0.4, 0.5) is 5.82 Å². The van der Waals surface area contributed by atoms with Gasteiger partial charge in [-0.3, -0.25) is 14.2 Å². The number of ether oxygens (including phenoxy) is 1. The molecule has 0 saturated carbocycles. The van der Waals surface area contributed by atoms with Gasteiger partial charge in [-0.25, -0.2) is 4.98 Å². The van der Waals surface area contributed by atoms with E-state index in [1.165, 1.54) is 4.57 Å². The lowest BCUT2D eigenvalue weighted by molar-refractivity contribution is -0.145. The molecule has 178 valence electrons. The summed E-state index contributed by atoms with van der Waals surface area (Å²) in [6.07, 6.45) is 0.648. The summed E-state index contributed by atoms with van der Waals surface area (Å²) >= 11 is 12.5. The Morgan fingerprint density at radius 3 is 2.23 bits per heavy atom. The van der Waals surface area contributed by atoms with Crippen LogP contribution in [0.15, 0.2) is 89.7 Å². The van der Waals surface area contributed by atoms with Crippen LogP contribution in [0.25, 0.3) is 11.3 Å². The van der Waals surface area contributed by atoms with E-state index in [4.69, 9.17) is 27.9 Å². The van der Waals surface area contributed by atoms with Crippen LogP contribution in [-0.2, 0) is 29.1 Å². The van der Waals surface area contributed by atoms with E-state index in [9.17, 15) is 9.59 Å². The zero-order valence-electron chi connectivity index (χ0n) is 18.8. The van der Waals surface area contributed by atoms with E-state index >= 15 is 0 Å². The van der Waals surface area contributed by atoms with Gasteiger partial charge in [-0.2, -0.15) is 0 Å². The first-order valence-corrected chi connectivity index (χ1v) is 11.8. The van der Waals surface area contributed by atoms with Crippen LogP contribution in [-0.4, -0.2) is 22.1 Å². The van der Waals surface area contributed by atoms with Gasteiger partial charge in [0.1, 0.15) is 13.2 Å². The quantitative estimate of drug-likeness (QED) is 0.298. The monoisotopic (exact) mass is 507 g/mol. The molecule has 6 nitrogen and oxygen atoms in total. The second-order valence-electron chi connectivity index (χ2n) is 7.81. The zero-order valence-corrected chi connectivity index (χ0v) is 20.3. The summed E-state index contributed by atoms with van der Waals surface area (Å²) in [7, 11) is 0. The minimum absolute atomic E-state index is 0.0690. The van der Waals surface area contributed by atoms with Crippen molar-refractivity contribution < 1.29 is 9.53 Å². The maximum absolute atomic E-state index is 13.4. The molecule has 0 radical (unpaired) electrons. The number of aromatic nitrogens is 2. The number of rotatable bonds is 9. The third-order valence-electron chi connectivity index (χ3n) is 5.32. The first-order valence-electron chi connectivity index (χ1n) is 11.0. The van der Waals surface area contributed by atoms with E-state index in [0.29, 0.717) is 29.2 Å². The second-order valence-corrected chi connectivity index (χ2v) is 8.60. The standard InChI is InChI=1S/C27H23Cl2N3O3/c28-22-13-11-19(12-14-22)15-16-30-26-27(34)32(17-23(33)35-18-20-7-3-1-4-8-20)24(25(29)31-26)21-9-5-2-6-10-21/h1-14H,15-18H2,(H,30,31). The van der Waals surface area contributed by atoms with Gasteiger partial charge in [-0.05, 0) is 29.7 Å². The van der Waals surface area contributed by atoms with Gasteiger partial charge in [-0.1, -0.05) is 96.0 Å². The fourth-order valence-corrected chi connectivity index (χ4v) is 3.99. The SMILES string of the molecule is O=C(Cn1c(-c2ccccc2)c(Cl)nc(NCCc2ccc(Cl)cc2)c1=O)OCc1ccccc1. The van der Waals surface area contributed by atoms with Gasteiger partial charge in [0.15, 0.2) is 11.0 Å². The number of carbonyl (C=O) groups is 1. The van der Waals surface area contributed by atoms with E-state index < -0.39 is 11.5 Å². The molecule has 3 aromatic carbocycles. The van der Waals surface area contributed by atoms with E-state index in [1.807, 2.05) is 84.9 Å². The number of benzene rings is 3. The van der Waals surface area contributed by atoms with Gasteiger partial charge in [0, 0.05) is 17.1 Å². The first kappa shape index (κ1) is 24.5. The third-order valence-corrected chi connectivity index (χ3v) is 5.83. The van der Waals surface area contributed by atoms with Crippen LogP contribution in [0.2, 0.25) is 10.2 Å². The van der Waals surface area contributed by atoms with Crippen molar-refractivity contribution in [3.8, 4) is 11.3 Å². The highest BCUT2D eigenvalue weighted by atomic mass is 35.5. The summed E-state index contributed by atoms with van der Waals surface area (Å²) in [6, 6.07) is 25.9. The molecule has 0 aliphatic rings. The van der Waals surface area contributed by atoms with Gasteiger partial charge in [0.05, 0.1) is 5.69 Å². The highest BCUT2D eigenvalue weighted by molar-refractivity contribution is 6.32. The largest absolute Gasteiger partial charge is 0.459 e. The lowest BCUT2D eigenvalue weighted by Gasteiger charge is -2.16. The molecule has 0 unspecified atom stereocenters. The average Bonchev–Trinajstić information content (AvgIpc) is 2.88. The zero-order chi connectivity index (χ0) is 24.6. The Morgan fingerprint density at radius 2 is 1.54 bits per heavy atom. The summed E-state index contributed by atoms with van der Waals surface area (Å²) in [5.74, 6) is -0.484. The van der Waals surface area contributed by atoms with E-state index in [-0.39, 0.29) is 24.1 Å². The van der Waals surface area contributed by atoms with Crippen LogP contribution < -0.4 is 10.9 Å². The number of carbonyl (C=O) groups excluding carboxylic acids is 1. The first-order chi connectivity index (χ1) is 17.0. The van der Waals surface area contributed by atoms with Gasteiger partial charge in [0.25, 0.3) is 5.56 Å². The third kappa shape index (κ3) is 6.50. The Bertz CT molecular complexity index is 1340. The summed E-state index contributed by atoms with van der Waals surface area (Å²) in [4.78, 5) is 30.4. The van der Waals surface area contributed by atoms with Crippen molar-refractivity contribution >= 4 is 35.0 Å². The number of nitrogens with zero attached hydrogens (tertiary/aromatic N) is 2. The number of esters is 1. The topological polar surface area (TPSA) is 73.2 Å². The van der Waals surface area contributed by atoms with Crippen molar-refractivity contribution in [2.24, 2.45) is 0 Å². The Kier molecular flexibility index (Phi) is 8.19. The second kappa shape index (κ2) is 11.7. The molecular formula is C27H23Cl2N3O3. The fourth-order valence-electron chi connectivity index (χ4n) is 3.57. The maximum atomic E-state index is 13.4. The number of nitrogens with one attached hydrogen (secondary N) is 1. The molecule has 0 fully saturated rings. The fraction of sp³-hybridized carbons (Fsp3) is 0.148. The van der Waals surface area contributed by atoms with Gasteiger partial charge in [0.2, 0.25) is 0 Å². The van der Waals surface area contributed by atoms with Crippen LogP contribution >= 0.6 is 23.2 Å². The summed E-state index contributed by atoms with van der Waals surface area (Å²) in [5.41, 5.74) is 2.48. The predicted octanol–water partition coefficient (Wildman–Crippen LogP) is 5.62. The molecule has 0 bridgehead atoms. The molecule has 1 N–H and O–H groups in total. The molecular weight excluding hydrogens is 485 g/mol. The number of halogens is 2. The van der Waals surface area contributed by atoms with Gasteiger partial charge >= 0.3 is 5.97 Å². The lowest BCUT2D eigenvalue weighted by Crippen LogP contribution is -2.30. The Hall–Kier alpha value is -3.61. The number of hydrogen-bond donors (Lipinski definition) is 1. The molecule has 0 amide bonds.